The average Bonchev–Trinajstić information content (AvgIpc) is 3.06. The Morgan fingerprint density at radius 3 is 3.00 bits per heavy atom. The zero-order chi connectivity index (χ0) is 14.8. The van der Waals surface area contributed by atoms with Gasteiger partial charge in [0, 0.05) is 18.9 Å². The van der Waals surface area contributed by atoms with Crippen molar-refractivity contribution >= 4 is 23.3 Å². The van der Waals surface area contributed by atoms with Gasteiger partial charge in [0.05, 0.1) is 24.5 Å². The lowest BCUT2D eigenvalue weighted by Gasteiger charge is -2.15. The summed E-state index contributed by atoms with van der Waals surface area (Å²) in [4.78, 5) is 7.35. The topological polar surface area (TPSA) is 47.8 Å². The molecule has 21 heavy (non-hydrogen) atoms. The van der Waals surface area contributed by atoms with Crippen molar-refractivity contribution in [2.45, 2.75) is 26.4 Å². The highest BCUT2D eigenvalue weighted by Gasteiger charge is 2.14. The SMILES string of the molecule is CCOc1cccc2c1[nH]c(=S)n2C(C)Cn1ccnc1. The van der Waals surface area contributed by atoms with Crippen molar-refractivity contribution in [3.8, 4) is 5.75 Å². The molecule has 1 N–H and O–H groups in total. The van der Waals surface area contributed by atoms with E-state index in [1.165, 1.54) is 0 Å². The molecule has 110 valence electrons. The Morgan fingerprint density at radius 1 is 1.43 bits per heavy atom. The maximum absolute atomic E-state index is 5.67. The molecule has 2 aromatic heterocycles. The zero-order valence-corrected chi connectivity index (χ0v) is 12.9. The third-order valence-electron chi connectivity index (χ3n) is 3.49. The number of aromatic nitrogens is 4. The molecule has 0 fully saturated rings. The monoisotopic (exact) mass is 302 g/mol. The van der Waals surface area contributed by atoms with Crippen LogP contribution in [0, 0.1) is 4.77 Å². The van der Waals surface area contributed by atoms with Crippen LogP contribution < -0.4 is 4.74 Å². The number of H-pyrrole nitrogens is 1. The van der Waals surface area contributed by atoms with Crippen LogP contribution >= 0.6 is 12.2 Å². The highest BCUT2D eigenvalue weighted by Crippen LogP contribution is 2.27. The Morgan fingerprint density at radius 2 is 2.29 bits per heavy atom. The standard InChI is InChI=1S/C15H18N4OS/c1-3-20-13-6-4-5-12-14(13)17-15(21)19(12)11(2)9-18-8-7-16-10-18/h4-8,10-11H,3,9H2,1-2H3,(H,17,21). The van der Waals surface area contributed by atoms with Crippen molar-refractivity contribution in [3.63, 3.8) is 0 Å². The maximum Gasteiger partial charge on any atom is 0.178 e. The lowest BCUT2D eigenvalue weighted by atomic mass is 10.2. The Hall–Kier alpha value is -2.08. The number of ether oxygens (including phenoxy) is 1. The number of aromatic amines is 1. The van der Waals surface area contributed by atoms with Gasteiger partial charge in [-0.25, -0.2) is 4.98 Å². The van der Waals surface area contributed by atoms with Crippen LogP contribution in [0.5, 0.6) is 5.75 Å². The van der Waals surface area contributed by atoms with E-state index in [2.05, 4.69) is 32.1 Å². The number of rotatable bonds is 5. The molecule has 0 radical (unpaired) electrons. The van der Waals surface area contributed by atoms with Crippen molar-refractivity contribution < 1.29 is 4.74 Å². The van der Waals surface area contributed by atoms with Gasteiger partial charge in [-0.1, -0.05) is 6.07 Å². The van der Waals surface area contributed by atoms with Gasteiger partial charge in [-0.2, -0.15) is 0 Å². The fourth-order valence-corrected chi connectivity index (χ4v) is 3.00. The summed E-state index contributed by atoms with van der Waals surface area (Å²) in [6.45, 7) is 5.58. The smallest absolute Gasteiger partial charge is 0.178 e. The molecular formula is C15H18N4OS. The lowest BCUT2D eigenvalue weighted by Crippen LogP contribution is -2.12. The fraction of sp³-hybridized carbons (Fsp3) is 0.333. The molecule has 0 amide bonds. The van der Waals surface area contributed by atoms with Crippen LogP contribution in [0.15, 0.2) is 36.9 Å². The molecule has 0 spiro atoms. The first-order valence-corrected chi connectivity index (χ1v) is 7.43. The molecule has 3 aromatic rings. The van der Waals surface area contributed by atoms with Crippen molar-refractivity contribution in [3.05, 3.63) is 41.7 Å². The van der Waals surface area contributed by atoms with Crippen molar-refractivity contribution in [1.29, 1.82) is 0 Å². The summed E-state index contributed by atoms with van der Waals surface area (Å²) < 4.78 is 10.6. The molecule has 0 saturated heterocycles. The minimum Gasteiger partial charge on any atom is -0.492 e. The predicted octanol–water partition coefficient (Wildman–Crippen LogP) is 3.56. The summed E-state index contributed by atoms with van der Waals surface area (Å²) in [7, 11) is 0. The maximum atomic E-state index is 5.67. The van der Waals surface area contributed by atoms with Crippen LogP contribution in [0.4, 0.5) is 0 Å². The molecule has 1 atom stereocenters. The summed E-state index contributed by atoms with van der Waals surface area (Å²) >= 11 is 5.50. The van der Waals surface area contributed by atoms with E-state index >= 15 is 0 Å². The van der Waals surface area contributed by atoms with Crippen molar-refractivity contribution in [2.24, 2.45) is 0 Å². The van der Waals surface area contributed by atoms with E-state index in [9.17, 15) is 0 Å². The Labute approximate surface area is 128 Å². The average molecular weight is 302 g/mol. The van der Waals surface area contributed by atoms with E-state index in [1.54, 1.807) is 6.20 Å². The van der Waals surface area contributed by atoms with Crippen LogP contribution in [0.1, 0.15) is 19.9 Å². The van der Waals surface area contributed by atoms with E-state index in [0.717, 1.165) is 23.3 Å². The first-order valence-electron chi connectivity index (χ1n) is 7.02. The second kappa shape index (κ2) is 5.73. The summed E-state index contributed by atoms with van der Waals surface area (Å²) in [5.41, 5.74) is 2.03. The minimum absolute atomic E-state index is 0.220. The van der Waals surface area contributed by atoms with Crippen LogP contribution in [0.25, 0.3) is 11.0 Å². The summed E-state index contributed by atoms with van der Waals surface area (Å²) in [5.74, 6) is 0.842. The summed E-state index contributed by atoms with van der Waals surface area (Å²) in [6.07, 6.45) is 5.57. The van der Waals surface area contributed by atoms with Gasteiger partial charge in [0.25, 0.3) is 0 Å². The number of fused-ring (bicyclic) bond motifs is 1. The Bertz CT molecular complexity index is 788. The van der Waals surface area contributed by atoms with Gasteiger partial charge in [0.2, 0.25) is 0 Å². The molecule has 0 aliphatic carbocycles. The minimum atomic E-state index is 0.220. The first-order chi connectivity index (χ1) is 10.2. The molecule has 2 heterocycles. The second-order valence-electron chi connectivity index (χ2n) is 4.99. The second-order valence-corrected chi connectivity index (χ2v) is 5.38. The zero-order valence-electron chi connectivity index (χ0n) is 12.1. The van der Waals surface area contributed by atoms with Crippen molar-refractivity contribution in [1.82, 2.24) is 19.1 Å². The van der Waals surface area contributed by atoms with E-state index in [-0.39, 0.29) is 6.04 Å². The first kappa shape index (κ1) is 13.9. The normalized spacial score (nSPS) is 12.7. The van der Waals surface area contributed by atoms with Crippen LogP contribution in [0.3, 0.4) is 0 Å². The van der Waals surface area contributed by atoms with Crippen LogP contribution in [-0.4, -0.2) is 25.7 Å². The number of hydrogen-bond donors (Lipinski definition) is 1. The van der Waals surface area contributed by atoms with Gasteiger partial charge in [-0.05, 0) is 38.2 Å². The largest absolute Gasteiger partial charge is 0.492 e. The molecule has 3 rings (SSSR count). The van der Waals surface area contributed by atoms with E-state index in [4.69, 9.17) is 17.0 Å². The van der Waals surface area contributed by atoms with E-state index < -0.39 is 0 Å². The highest BCUT2D eigenvalue weighted by molar-refractivity contribution is 7.71. The molecule has 0 saturated carbocycles. The van der Waals surface area contributed by atoms with Gasteiger partial charge in [-0.3, -0.25) is 0 Å². The highest BCUT2D eigenvalue weighted by atomic mass is 32.1. The molecule has 0 bridgehead atoms. The summed E-state index contributed by atoms with van der Waals surface area (Å²) in [6, 6.07) is 6.24. The molecule has 1 unspecified atom stereocenters. The molecule has 1 aromatic carbocycles. The molecule has 6 heteroatoms. The summed E-state index contributed by atoms with van der Waals surface area (Å²) in [5, 5.41) is 0. The van der Waals surface area contributed by atoms with Gasteiger partial charge in [0.1, 0.15) is 11.3 Å². The van der Waals surface area contributed by atoms with E-state index in [0.29, 0.717) is 11.4 Å². The Kier molecular flexibility index (Phi) is 3.79. The molecular weight excluding hydrogens is 284 g/mol. The van der Waals surface area contributed by atoms with Gasteiger partial charge in [-0.15, -0.1) is 0 Å². The third-order valence-corrected chi connectivity index (χ3v) is 3.79. The predicted molar refractivity (Wildman–Crippen MR) is 85.2 cm³/mol. The molecule has 5 nitrogen and oxygen atoms in total. The number of hydrogen-bond acceptors (Lipinski definition) is 3. The quantitative estimate of drug-likeness (QED) is 0.733. The Balaban J connectivity index is 2.04. The number of para-hydroxylation sites is 1. The van der Waals surface area contributed by atoms with E-state index in [1.807, 2.05) is 31.6 Å². The van der Waals surface area contributed by atoms with Gasteiger partial charge in [0.15, 0.2) is 4.77 Å². The lowest BCUT2D eigenvalue weighted by molar-refractivity contribution is 0.343. The van der Waals surface area contributed by atoms with Crippen molar-refractivity contribution in [2.75, 3.05) is 6.61 Å². The molecule has 0 aliphatic rings. The molecule has 0 aliphatic heterocycles. The number of nitrogens with one attached hydrogen (secondary N) is 1. The fourth-order valence-electron chi connectivity index (χ4n) is 2.62. The third kappa shape index (κ3) is 2.58. The van der Waals surface area contributed by atoms with Gasteiger partial charge >= 0.3 is 0 Å². The number of benzene rings is 1. The van der Waals surface area contributed by atoms with Gasteiger partial charge < -0.3 is 18.9 Å². The number of imidazole rings is 2. The van der Waals surface area contributed by atoms with Crippen LogP contribution in [0.2, 0.25) is 0 Å². The number of nitrogens with zero attached hydrogens (tertiary/aromatic N) is 3. The van der Waals surface area contributed by atoms with Crippen LogP contribution in [-0.2, 0) is 6.54 Å².